The van der Waals surface area contributed by atoms with Crippen LogP contribution in [0.4, 0.5) is 0 Å². The van der Waals surface area contributed by atoms with Crippen molar-refractivity contribution >= 4 is 52.5 Å². The second-order valence-corrected chi connectivity index (χ2v) is 6.34. The summed E-state index contributed by atoms with van der Waals surface area (Å²) < 4.78 is 5.37. The van der Waals surface area contributed by atoms with Crippen LogP contribution in [0.15, 0.2) is 27.8 Å². The number of nitrogens with zero attached hydrogens (tertiary/aromatic N) is 2. The number of benzene rings is 1. The van der Waals surface area contributed by atoms with Crippen LogP contribution in [0.5, 0.6) is 0 Å². The third kappa shape index (κ3) is 4.15. The van der Waals surface area contributed by atoms with Crippen molar-refractivity contribution in [3.63, 3.8) is 0 Å². The van der Waals surface area contributed by atoms with E-state index in [9.17, 15) is 4.79 Å². The van der Waals surface area contributed by atoms with Crippen LogP contribution in [-0.4, -0.2) is 28.0 Å². The van der Waals surface area contributed by atoms with E-state index < -0.39 is 0 Å². The minimum absolute atomic E-state index is 0.0711. The summed E-state index contributed by atoms with van der Waals surface area (Å²) in [6.07, 6.45) is 1.95. The maximum atomic E-state index is 12.0. The quantitative estimate of drug-likeness (QED) is 0.575. The van der Waals surface area contributed by atoms with Gasteiger partial charge in [0, 0.05) is 5.56 Å². The normalized spacial score (nSPS) is 10.8. The van der Waals surface area contributed by atoms with E-state index in [1.54, 1.807) is 30.0 Å². The molecule has 0 N–H and O–H groups in total. The van der Waals surface area contributed by atoms with Crippen LogP contribution in [0.25, 0.3) is 0 Å². The zero-order chi connectivity index (χ0) is 14.5. The van der Waals surface area contributed by atoms with Crippen LogP contribution >= 0.6 is 46.7 Å². The summed E-state index contributed by atoms with van der Waals surface area (Å²) in [5.41, 5.74) is 0.510. The van der Waals surface area contributed by atoms with Crippen molar-refractivity contribution in [1.82, 2.24) is 10.2 Å². The van der Waals surface area contributed by atoms with Gasteiger partial charge >= 0.3 is 0 Å². The van der Waals surface area contributed by atoms with Gasteiger partial charge < -0.3 is 4.42 Å². The van der Waals surface area contributed by atoms with E-state index in [-0.39, 0.29) is 11.5 Å². The average Bonchev–Trinajstić information content (AvgIpc) is 2.87. The molecule has 8 heteroatoms. The highest BCUT2D eigenvalue weighted by molar-refractivity contribution is 7.99. The first-order chi connectivity index (χ1) is 9.60. The molecule has 1 aromatic carbocycles. The first-order valence-corrected chi connectivity index (χ1v) is 8.66. The molecule has 0 radical (unpaired) electrons. The van der Waals surface area contributed by atoms with E-state index in [1.165, 1.54) is 11.8 Å². The Kier molecular flexibility index (Phi) is 5.77. The zero-order valence-corrected chi connectivity index (χ0v) is 13.6. The molecule has 0 atom stereocenters. The molecule has 20 heavy (non-hydrogen) atoms. The number of aromatic nitrogens is 2. The van der Waals surface area contributed by atoms with Crippen LogP contribution in [-0.2, 0) is 5.75 Å². The number of carbonyl (C=O) groups excluding carboxylic acids is 1. The summed E-state index contributed by atoms with van der Waals surface area (Å²) >= 11 is 14.5. The molecule has 0 amide bonds. The van der Waals surface area contributed by atoms with Gasteiger partial charge in [-0.1, -0.05) is 35.0 Å². The second-order valence-electron chi connectivity index (χ2n) is 3.74. The molecule has 0 aliphatic rings. The molecule has 0 spiro atoms. The van der Waals surface area contributed by atoms with Crippen molar-refractivity contribution in [3.05, 3.63) is 39.7 Å². The lowest BCUT2D eigenvalue weighted by Crippen LogP contribution is -2.02. The van der Waals surface area contributed by atoms with Crippen molar-refractivity contribution in [2.24, 2.45) is 0 Å². The van der Waals surface area contributed by atoms with Gasteiger partial charge in [0.25, 0.3) is 5.22 Å². The van der Waals surface area contributed by atoms with Gasteiger partial charge in [0.05, 0.1) is 21.6 Å². The Morgan fingerprint density at radius 2 is 2.10 bits per heavy atom. The molecule has 1 heterocycles. The Morgan fingerprint density at radius 1 is 1.30 bits per heavy atom. The van der Waals surface area contributed by atoms with E-state index in [1.807, 2.05) is 6.26 Å². The fourth-order valence-electron chi connectivity index (χ4n) is 1.36. The Hall–Kier alpha value is -0.690. The predicted molar refractivity (Wildman–Crippen MR) is 83.0 cm³/mol. The molecule has 4 nitrogen and oxygen atoms in total. The van der Waals surface area contributed by atoms with E-state index in [0.717, 1.165) is 0 Å². The summed E-state index contributed by atoms with van der Waals surface area (Å²) in [6, 6.07) is 4.80. The van der Waals surface area contributed by atoms with Gasteiger partial charge in [-0.25, -0.2) is 0 Å². The maximum absolute atomic E-state index is 12.0. The number of thioether (sulfide) groups is 2. The molecule has 2 aromatic rings. The number of halogens is 2. The molecule has 0 fully saturated rings. The van der Waals surface area contributed by atoms with Crippen LogP contribution in [0.3, 0.4) is 0 Å². The SMILES string of the molecule is CSCc1nnc(SCC(=O)c2ccc(Cl)c(Cl)c2)o1. The van der Waals surface area contributed by atoms with Crippen LogP contribution in [0.1, 0.15) is 16.2 Å². The lowest BCUT2D eigenvalue weighted by Gasteiger charge is -2.01. The van der Waals surface area contributed by atoms with Gasteiger partial charge in [-0.3, -0.25) is 4.79 Å². The third-order valence-corrected chi connectivity index (χ3v) is 4.38. The Balaban J connectivity index is 1.95. The van der Waals surface area contributed by atoms with E-state index in [2.05, 4.69) is 10.2 Å². The molecule has 0 saturated heterocycles. The Labute approximate surface area is 134 Å². The summed E-state index contributed by atoms with van der Waals surface area (Å²) in [6.45, 7) is 0. The van der Waals surface area contributed by atoms with Gasteiger partial charge in [0.15, 0.2) is 5.78 Å². The Morgan fingerprint density at radius 3 is 2.80 bits per heavy atom. The zero-order valence-electron chi connectivity index (χ0n) is 10.4. The highest BCUT2D eigenvalue weighted by atomic mass is 35.5. The number of Topliss-reactive ketones (excluding diaryl/α,β-unsaturated/α-hetero) is 1. The fourth-order valence-corrected chi connectivity index (χ4v) is 2.70. The smallest absolute Gasteiger partial charge is 0.277 e. The molecule has 0 saturated carbocycles. The summed E-state index contributed by atoms with van der Waals surface area (Å²) in [4.78, 5) is 12.0. The molecule has 1 aromatic heterocycles. The van der Waals surface area contributed by atoms with Crippen LogP contribution in [0.2, 0.25) is 10.0 Å². The first kappa shape index (κ1) is 15.7. The summed E-state index contributed by atoms with van der Waals surface area (Å²) in [5.74, 6) is 1.35. The molecule has 0 bridgehead atoms. The highest BCUT2D eigenvalue weighted by Gasteiger charge is 2.12. The lowest BCUT2D eigenvalue weighted by atomic mass is 10.1. The topological polar surface area (TPSA) is 56.0 Å². The van der Waals surface area contributed by atoms with Gasteiger partial charge in [-0.2, -0.15) is 11.8 Å². The van der Waals surface area contributed by atoms with Crippen LogP contribution in [0, 0.1) is 0 Å². The minimum Gasteiger partial charge on any atom is -0.415 e. The molecular formula is C12H10Cl2N2O2S2. The maximum Gasteiger partial charge on any atom is 0.277 e. The Bertz CT molecular complexity index is 619. The molecule has 0 unspecified atom stereocenters. The number of hydrogen-bond acceptors (Lipinski definition) is 6. The van der Waals surface area contributed by atoms with Crippen molar-refractivity contribution in [1.29, 1.82) is 0 Å². The standard InChI is InChI=1S/C12H10Cl2N2O2S2/c1-19-6-11-15-16-12(18-11)20-5-10(17)7-2-3-8(13)9(14)4-7/h2-4H,5-6H2,1H3. The van der Waals surface area contributed by atoms with Crippen molar-refractivity contribution < 1.29 is 9.21 Å². The van der Waals surface area contributed by atoms with Crippen molar-refractivity contribution in [2.75, 3.05) is 12.0 Å². The largest absolute Gasteiger partial charge is 0.415 e. The summed E-state index contributed by atoms with van der Waals surface area (Å²) in [5, 5.41) is 8.92. The van der Waals surface area contributed by atoms with Crippen molar-refractivity contribution in [3.8, 4) is 0 Å². The van der Waals surface area contributed by atoms with Crippen LogP contribution < -0.4 is 0 Å². The lowest BCUT2D eigenvalue weighted by molar-refractivity contribution is 0.102. The molecule has 0 aliphatic heterocycles. The van der Waals surface area contributed by atoms with E-state index >= 15 is 0 Å². The highest BCUT2D eigenvalue weighted by Crippen LogP contribution is 2.24. The summed E-state index contributed by atoms with van der Waals surface area (Å²) in [7, 11) is 0. The number of hydrogen-bond donors (Lipinski definition) is 0. The molecule has 106 valence electrons. The number of ketones is 1. The minimum atomic E-state index is -0.0711. The number of carbonyl (C=O) groups is 1. The third-order valence-electron chi connectivity index (χ3n) is 2.28. The van der Waals surface area contributed by atoms with E-state index in [0.29, 0.717) is 32.5 Å². The van der Waals surface area contributed by atoms with Crippen molar-refractivity contribution in [2.45, 2.75) is 11.0 Å². The van der Waals surface area contributed by atoms with Gasteiger partial charge in [-0.15, -0.1) is 10.2 Å². The van der Waals surface area contributed by atoms with E-state index in [4.69, 9.17) is 27.6 Å². The second kappa shape index (κ2) is 7.36. The van der Waals surface area contributed by atoms with Gasteiger partial charge in [0.1, 0.15) is 0 Å². The monoisotopic (exact) mass is 348 g/mol. The molecule has 0 aliphatic carbocycles. The number of rotatable bonds is 6. The average molecular weight is 349 g/mol. The first-order valence-electron chi connectivity index (χ1n) is 5.52. The molecular weight excluding hydrogens is 339 g/mol. The van der Waals surface area contributed by atoms with Gasteiger partial charge in [-0.05, 0) is 24.5 Å². The predicted octanol–water partition coefficient (Wildman–Crippen LogP) is 4.21. The molecule has 2 rings (SSSR count). The fraction of sp³-hybridized carbons (Fsp3) is 0.250. The van der Waals surface area contributed by atoms with Gasteiger partial charge in [0.2, 0.25) is 5.89 Å².